The lowest BCUT2D eigenvalue weighted by molar-refractivity contribution is -0.135. The molecule has 100 valence electrons. The SMILES string of the molecule is CC(C)[C@H](N)C(=O)N1CCC(CN(C)C)CC1. The molecule has 0 aromatic carbocycles. The summed E-state index contributed by atoms with van der Waals surface area (Å²) in [6.45, 7) is 6.87. The van der Waals surface area contributed by atoms with Crippen molar-refractivity contribution in [1.82, 2.24) is 9.80 Å². The zero-order valence-corrected chi connectivity index (χ0v) is 11.6. The van der Waals surface area contributed by atoms with Crippen LogP contribution in [0.2, 0.25) is 0 Å². The van der Waals surface area contributed by atoms with Gasteiger partial charge in [0.1, 0.15) is 0 Å². The Morgan fingerprint density at radius 3 is 2.29 bits per heavy atom. The number of carbonyl (C=O) groups is 1. The molecule has 0 aromatic heterocycles. The van der Waals surface area contributed by atoms with Gasteiger partial charge in [-0.25, -0.2) is 0 Å². The van der Waals surface area contributed by atoms with Crippen molar-refractivity contribution < 1.29 is 4.79 Å². The summed E-state index contributed by atoms with van der Waals surface area (Å²) >= 11 is 0. The van der Waals surface area contributed by atoms with Crippen LogP contribution in [0, 0.1) is 11.8 Å². The van der Waals surface area contributed by atoms with E-state index in [1.807, 2.05) is 18.7 Å². The van der Waals surface area contributed by atoms with Crippen molar-refractivity contribution in [2.45, 2.75) is 32.7 Å². The second kappa shape index (κ2) is 6.36. The van der Waals surface area contributed by atoms with E-state index in [0.29, 0.717) is 0 Å². The molecule has 0 saturated carbocycles. The number of nitrogens with zero attached hydrogens (tertiary/aromatic N) is 2. The van der Waals surface area contributed by atoms with E-state index < -0.39 is 0 Å². The molecular formula is C13H27N3O. The molecule has 4 heteroatoms. The number of amides is 1. The average Bonchev–Trinajstić information content (AvgIpc) is 2.27. The Morgan fingerprint density at radius 2 is 1.88 bits per heavy atom. The fourth-order valence-electron chi connectivity index (χ4n) is 2.35. The standard InChI is InChI=1S/C13H27N3O/c1-10(2)12(14)13(17)16-7-5-11(6-8-16)9-15(3)4/h10-12H,5-9,14H2,1-4H3/t12-/m0/s1. The second-order valence-electron chi connectivity index (χ2n) is 5.80. The first-order chi connectivity index (χ1) is 7.91. The van der Waals surface area contributed by atoms with Gasteiger partial charge >= 0.3 is 0 Å². The summed E-state index contributed by atoms with van der Waals surface area (Å²) in [5, 5.41) is 0. The molecule has 1 rings (SSSR count). The van der Waals surface area contributed by atoms with Gasteiger partial charge in [0.05, 0.1) is 6.04 Å². The fourth-order valence-corrected chi connectivity index (χ4v) is 2.35. The number of rotatable bonds is 4. The summed E-state index contributed by atoms with van der Waals surface area (Å²) in [6.07, 6.45) is 2.21. The summed E-state index contributed by atoms with van der Waals surface area (Å²) in [4.78, 5) is 16.2. The lowest BCUT2D eigenvalue weighted by Gasteiger charge is -2.35. The Labute approximate surface area is 105 Å². The smallest absolute Gasteiger partial charge is 0.239 e. The van der Waals surface area contributed by atoms with Crippen LogP contribution in [0.3, 0.4) is 0 Å². The first-order valence-electron chi connectivity index (χ1n) is 6.61. The van der Waals surface area contributed by atoms with E-state index >= 15 is 0 Å². The van der Waals surface area contributed by atoms with Crippen LogP contribution in [0.5, 0.6) is 0 Å². The molecule has 1 aliphatic rings. The number of piperidine rings is 1. The van der Waals surface area contributed by atoms with Crippen molar-refractivity contribution in [2.24, 2.45) is 17.6 Å². The zero-order chi connectivity index (χ0) is 13.0. The van der Waals surface area contributed by atoms with Crippen LogP contribution in [0.25, 0.3) is 0 Å². The maximum absolute atomic E-state index is 12.1. The highest BCUT2D eigenvalue weighted by molar-refractivity contribution is 5.82. The van der Waals surface area contributed by atoms with Crippen molar-refractivity contribution in [2.75, 3.05) is 33.7 Å². The topological polar surface area (TPSA) is 49.6 Å². The van der Waals surface area contributed by atoms with E-state index in [4.69, 9.17) is 5.73 Å². The van der Waals surface area contributed by atoms with Gasteiger partial charge in [-0.05, 0) is 38.8 Å². The van der Waals surface area contributed by atoms with Crippen LogP contribution in [-0.4, -0.2) is 55.5 Å². The van der Waals surface area contributed by atoms with Crippen LogP contribution in [0.15, 0.2) is 0 Å². The first-order valence-corrected chi connectivity index (χ1v) is 6.61. The maximum Gasteiger partial charge on any atom is 0.239 e. The van der Waals surface area contributed by atoms with Crippen molar-refractivity contribution in [3.8, 4) is 0 Å². The molecule has 0 aromatic rings. The van der Waals surface area contributed by atoms with Crippen molar-refractivity contribution >= 4 is 5.91 Å². The van der Waals surface area contributed by atoms with Gasteiger partial charge in [0.15, 0.2) is 0 Å². The highest BCUT2D eigenvalue weighted by Gasteiger charge is 2.27. The summed E-state index contributed by atoms with van der Waals surface area (Å²) in [7, 11) is 4.21. The summed E-state index contributed by atoms with van der Waals surface area (Å²) < 4.78 is 0. The molecule has 17 heavy (non-hydrogen) atoms. The molecule has 1 fully saturated rings. The van der Waals surface area contributed by atoms with Crippen molar-refractivity contribution in [1.29, 1.82) is 0 Å². The lowest BCUT2D eigenvalue weighted by atomic mass is 9.95. The summed E-state index contributed by atoms with van der Waals surface area (Å²) in [5.74, 6) is 1.08. The molecular weight excluding hydrogens is 214 g/mol. The lowest BCUT2D eigenvalue weighted by Crippen LogP contribution is -2.49. The van der Waals surface area contributed by atoms with Gasteiger partial charge in [-0.1, -0.05) is 13.8 Å². The van der Waals surface area contributed by atoms with Crippen molar-refractivity contribution in [3.05, 3.63) is 0 Å². The molecule has 1 saturated heterocycles. The molecule has 2 N–H and O–H groups in total. The van der Waals surface area contributed by atoms with E-state index in [-0.39, 0.29) is 17.9 Å². The molecule has 0 radical (unpaired) electrons. The van der Waals surface area contributed by atoms with Crippen LogP contribution in [0.1, 0.15) is 26.7 Å². The van der Waals surface area contributed by atoms with Gasteiger partial charge in [0.2, 0.25) is 5.91 Å². The number of hydrogen-bond donors (Lipinski definition) is 1. The van der Waals surface area contributed by atoms with Crippen LogP contribution >= 0.6 is 0 Å². The number of likely N-dealkylation sites (tertiary alicyclic amines) is 1. The zero-order valence-electron chi connectivity index (χ0n) is 11.6. The highest BCUT2D eigenvalue weighted by Crippen LogP contribution is 2.19. The molecule has 1 atom stereocenters. The number of carbonyl (C=O) groups excluding carboxylic acids is 1. The van der Waals surface area contributed by atoms with Gasteiger partial charge in [0, 0.05) is 19.6 Å². The predicted molar refractivity (Wildman–Crippen MR) is 70.7 cm³/mol. The van der Waals surface area contributed by atoms with Gasteiger partial charge in [-0.15, -0.1) is 0 Å². The molecule has 1 aliphatic heterocycles. The fraction of sp³-hybridized carbons (Fsp3) is 0.923. The largest absolute Gasteiger partial charge is 0.341 e. The molecule has 0 spiro atoms. The molecule has 4 nitrogen and oxygen atoms in total. The number of nitrogens with two attached hydrogens (primary N) is 1. The van der Waals surface area contributed by atoms with E-state index in [0.717, 1.165) is 38.4 Å². The van der Waals surface area contributed by atoms with E-state index in [1.165, 1.54) is 0 Å². The van der Waals surface area contributed by atoms with E-state index in [2.05, 4.69) is 19.0 Å². The van der Waals surface area contributed by atoms with Crippen LogP contribution in [-0.2, 0) is 4.79 Å². The van der Waals surface area contributed by atoms with Gasteiger partial charge in [0.25, 0.3) is 0 Å². The minimum Gasteiger partial charge on any atom is -0.341 e. The summed E-state index contributed by atoms with van der Waals surface area (Å²) in [5.41, 5.74) is 5.91. The molecule has 1 heterocycles. The third kappa shape index (κ3) is 4.28. The van der Waals surface area contributed by atoms with Gasteiger partial charge in [-0.2, -0.15) is 0 Å². The van der Waals surface area contributed by atoms with Crippen LogP contribution < -0.4 is 5.73 Å². The van der Waals surface area contributed by atoms with E-state index in [1.54, 1.807) is 0 Å². The van der Waals surface area contributed by atoms with Gasteiger partial charge < -0.3 is 15.5 Å². The quantitative estimate of drug-likeness (QED) is 0.791. The normalized spacial score (nSPS) is 20.1. The predicted octanol–water partition coefficient (Wildman–Crippen LogP) is 0.770. The van der Waals surface area contributed by atoms with Gasteiger partial charge in [-0.3, -0.25) is 4.79 Å². The van der Waals surface area contributed by atoms with Crippen molar-refractivity contribution in [3.63, 3.8) is 0 Å². The monoisotopic (exact) mass is 241 g/mol. The average molecular weight is 241 g/mol. The Bertz CT molecular complexity index is 245. The second-order valence-corrected chi connectivity index (χ2v) is 5.80. The highest BCUT2D eigenvalue weighted by atomic mass is 16.2. The molecule has 0 aliphatic carbocycles. The van der Waals surface area contributed by atoms with Crippen LogP contribution in [0.4, 0.5) is 0 Å². The Balaban J connectivity index is 2.39. The minimum absolute atomic E-state index is 0.128. The number of hydrogen-bond acceptors (Lipinski definition) is 3. The third-order valence-corrected chi connectivity index (χ3v) is 3.55. The minimum atomic E-state index is -0.333. The summed E-state index contributed by atoms with van der Waals surface area (Å²) in [6, 6.07) is -0.333. The molecule has 0 unspecified atom stereocenters. The Morgan fingerprint density at radius 1 is 1.35 bits per heavy atom. The Kier molecular flexibility index (Phi) is 5.40. The Hall–Kier alpha value is -0.610. The third-order valence-electron chi connectivity index (χ3n) is 3.55. The first kappa shape index (κ1) is 14.5. The molecule has 1 amide bonds. The van der Waals surface area contributed by atoms with E-state index in [9.17, 15) is 4.79 Å². The molecule has 0 bridgehead atoms. The maximum atomic E-state index is 12.1.